The summed E-state index contributed by atoms with van der Waals surface area (Å²) in [6.07, 6.45) is 1.60. The molecule has 1 aliphatic heterocycles. The lowest BCUT2D eigenvalue weighted by atomic mass is 10.1. The zero-order valence-electron chi connectivity index (χ0n) is 23.2. The number of hydrogen-bond donors (Lipinski definition) is 3. The van der Waals surface area contributed by atoms with Crippen molar-refractivity contribution in [2.45, 2.75) is 51.0 Å². The third kappa shape index (κ3) is 8.00. The fourth-order valence-corrected chi connectivity index (χ4v) is 4.78. The van der Waals surface area contributed by atoms with Gasteiger partial charge in [-0.3, -0.25) is 14.4 Å². The van der Waals surface area contributed by atoms with E-state index in [1.165, 1.54) is 9.80 Å². The average molecular weight is 568 g/mol. The van der Waals surface area contributed by atoms with Crippen LogP contribution < -0.4 is 5.32 Å². The minimum atomic E-state index is -1.09. The second-order valence-electron chi connectivity index (χ2n) is 10.4. The number of carbonyl (C=O) groups excluding carboxylic acids is 3. The maximum atomic E-state index is 13.4. The van der Waals surface area contributed by atoms with Crippen LogP contribution in [-0.4, -0.2) is 99.3 Å². The van der Waals surface area contributed by atoms with Crippen molar-refractivity contribution in [3.63, 3.8) is 0 Å². The van der Waals surface area contributed by atoms with E-state index in [9.17, 15) is 29.4 Å². The van der Waals surface area contributed by atoms with E-state index in [0.717, 1.165) is 19.3 Å². The van der Waals surface area contributed by atoms with Crippen LogP contribution in [0.25, 0.3) is 11.4 Å². The largest absolute Gasteiger partial charge is 0.481 e. The van der Waals surface area contributed by atoms with Crippen LogP contribution in [0.5, 0.6) is 0 Å². The van der Waals surface area contributed by atoms with Crippen molar-refractivity contribution in [1.82, 2.24) is 25.1 Å². The number of unbranched alkanes of at least 4 members (excludes halogenated alkanes) is 1. The number of carboxylic acids is 1. The van der Waals surface area contributed by atoms with E-state index in [0.29, 0.717) is 23.7 Å². The van der Waals surface area contributed by atoms with Crippen molar-refractivity contribution < 1.29 is 34.1 Å². The quantitative estimate of drug-likeness (QED) is 0.327. The number of nitrogens with zero attached hydrogens (tertiary/aromatic N) is 4. The summed E-state index contributed by atoms with van der Waals surface area (Å²) in [6, 6.07) is 9.67. The molecule has 2 heterocycles. The lowest BCUT2D eigenvalue weighted by Gasteiger charge is -2.36. The number of benzene rings is 1. The molecular weight excluding hydrogens is 530 g/mol. The Labute approximate surface area is 238 Å². The lowest BCUT2D eigenvalue weighted by molar-refractivity contribution is -0.138. The number of aliphatic hydroxyl groups excluding tert-OH is 1. The van der Waals surface area contributed by atoms with Crippen molar-refractivity contribution in [3.8, 4) is 11.4 Å². The average Bonchev–Trinajstić information content (AvgIpc) is 3.79. The first-order valence-corrected chi connectivity index (χ1v) is 14.1. The van der Waals surface area contributed by atoms with Crippen LogP contribution >= 0.6 is 0 Å². The van der Waals surface area contributed by atoms with Crippen molar-refractivity contribution in [2.24, 2.45) is 5.92 Å². The van der Waals surface area contributed by atoms with Crippen molar-refractivity contribution in [2.75, 3.05) is 39.4 Å². The van der Waals surface area contributed by atoms with Crippen molar-refractivity contribution >= 4 is 23.9 Å². The molecule has 1 aliphatic carbocycles. The molecule has 12 nitrogen and oxygen atoms in total. The van der Waals surface area contributed by atoms with Crippen LogP contribution in [0.15, 0.2) is 36.4 Å². The van der Waals surface area contributed by atoms with Gasteiger partial charge in [-0.1, -0.05) is 43.7 Å². The Morgan fingerprint density at radius 3 is 2.41 bits per heavy atom. The number of aliphatic hydroxyl groups is 1. The third-order valence-corrected chi connectivity index (χ3v) is 7.37. The number of aromatic nitrogens is 2. The second-order valence-corrected chi connectivity index (χ2v) is 10.4. The van der Waals surface area contributed by atoms with E-state index in [1.54, 1.807) is 6.07 Å². The zero-order valence-corrected chi connectivity index (χ0v) is 23.2. The zero-order chi connectivity index (χ0) is 29.4. The Morgan fingerprint density at radius 1 is 1.07 bits per heavy atom. The summed E-state index contributed by atoms with van der Waals surface area (Å²) < 4.78 is 5.25. The molecule has 2 aliphatic rings. The van der Waals surface area contributed by atoms with E-state index in [1.807, 2.05) is 37.3 Å². The van der Waals surface area contributed by atoms with Gasteiger partial charge in [0.1, 0.15) is 11.7 Å². The monoisotopic (exact) mass is 567 g/mol. The first-order chi connectivity index (χ1) is 19.8. The molecule has 3 amide bonds. The normalized spacial score (nSPS) is 18.9. The van der Waals surface area contributed by atoms with E-state index in [-0.39, 0.29) is 63.2 Å². The number of nitrogens with one attached hydrogen (secondary N) is 1. The summed E-state index contributed by atoms with van der Waals surface area (Å²) in [5.74, 6) is -1.70. The van der Waals surface area contributed by atoms with Gasteiger partial charge >= 0.3 is 12.1 Å². The molecule has 1 unspecified atom stereocenters. The highest BCUT2D eigenvalue weighted by Crippen LogP contribution is 2.46. The third-order valence-electron chi connectivity index (χ3n) is 7.37. The molecule has 1 saturated heterocycles. The van der Waals surface area contributed by atoms with Gasteiger partial charge in [-0.15, -0.1) is 0 Å². The first-order valence-electron chi connectivity index (χ1n) is 14.1. The predicted molar refractivity (Wildman–Crippen MR) is 148 cm³/mol. The van der Waals surface area contributed by atoms with Crippen LogP contribution in [0.1, 0.15) is 61.1 Å². The van der Waals surface area contributed by atoms with E-state index in [4.69, 9.17) is 4.74 Å². The summed E-state index contributed by atoms with van der Waals surface area (Å²) in [4.78, 5) is 62.7. The van der Waals surface area contributed by atoms with E-state index >= 15 is 0 Å². The van der Waals surface area contributed by atoms with Gasteiger partial charge in [0.25, 0.3) is 5.91 Å². The molecule has 0 bridgehead atoms. The highest BCUT2D eigenvalue weighted by atomic mass is 16.6. The van der Waals surface area contributed by atoms with Crippen LogP contribution in [0.4, 0.5) is 4.79 Å². The Bertz CT molecular complexity index is 1230. The van der Waals surface area contributed by atoms with Crippen LogP contribution in [0.3, 0.4) is 0 Å². The number of piperazine rings is 1. The number of aliphatic carboxylic acids is 1. The maximum Gasteiger partial charge on any atom is 0.409 e. The SMILES string of the molecule is CCCCOC(=O)N1CCN(C(=O)C(CCC(=O)O)NC(=O)c2cc([C@H]3C[C@@H]3CO)nc(-c3ccccc3)n2)CC1. The fourth-order valence-electron chi connectivity index (χ4n) is 4.78. The molecule has 2 fully saturated rings. The molecule has 0 spiro atoms. The molecule has 0 radical (unpaired) electrons. The van der Waals surface area contributed by atoms with Gasteiger partial charge in [0, 0.05) is 56.4 Å². The number of amides is 3. The Balaban J connectivity index is 1.48. The van der Waals surface area contributed by atoms with Crippen LogP contribution in [-0.2, 0) is 14.3 Å². The minimum Gasteiger partial charge on any atom is -0.481 e. The number of carbonyl (C=O) groups is 4. The molecule has 12 heteroatoms. The number of rotatable bonds is 12. The number of carboxylic acid groups (broad SMARTS) is 1. The molecule has 41 heavy (non-hydrogen) atoms. The van der Waals surface area contributed by atoms with Crippen LogP contribution in [0, 0.1) is 5.92 Å². The standard InChI is InChI=1S/C29H37N5O7/c1-2-3-15-41-29(40)34-13-11-33(12-14-34)28(39)22(9-10-25(36)37)32-27(38)24-17-23(21-16-20(21)18-35)30-26(31-24)19-7-5-4-6-8-19/h4-8,17,20-22,35H,2-3,9-16,18H2,1H3,(H,32,38)(H,36,37)/t20-,21+,22?/m1/s1. The predicted octanol–water partition coefficient (Wildman–Crippen LogP) is 2.28. The molecule has 1 saturated carbocycles. The Hall–Kier alpha value is -4.06. The van der Waals surface area contributed by atoms with Gasteiger partial charge in [-0.2, -0.15) is 0 Å². The van der Waals surface area contributed by atoms with Gasteiger partial charge in [0.05, 0.1) is 6.61 Å². The summed E-state index contributed by atoms with van der Waals surface area (Å²) in [6.45, 7) is 3.40. The molecule has 3 N–H and O–H groups in total. The first kappa shape index (κ1) is 29.9. The number of ether oxygens (including phenoxy) is 1. The summed E-state index contributed by atoms with van der Waals surface area (Å²) in [7, 11) is 0. The van der Waals surface area contributed by atoms with E-state index < -0.39 is 29.9 Å². The second kappa shape index (κ2) is 14.0. The van der Waals surface area contributed by atoms with Gasteiger partial charge in [-0.25, -0.2) is 14.8 Å². The highest BCUT2D eigenvalue weighted by molar-refractivity contribution is 5.96. The molecule has 220 valence electrons. The lowest BCUT2D eigenvalue weighted by Crippen LogP contribution is -2.56. The summed E-state index contributed by atoms with van der Waals surface area (Å²) >= 11 is 0. The molecule has 2 aromatic rings. The molecule has 3 atom stereocenters. The van der Waals surface area contributed by atoms with Crippen LogP contribution in [0.2, 0.25) is 0 Å². The van der Waals surface area contributed by atoms with Gasteiger partial charge in [0.15, 0.2) is 5.82 Å². The van der Waals surface area contributed by atoms with Gasteiger partial charge in [-0.05, 0) is 31.2 Å². The van der Waals surface area contributed by atoms with Crippen molar-refractivity contribution in [1.29, 1.82) is 0 Å². The Morgan fingerprint density at radius 2 is 1.78 bits per heavy atom. The topological polar surface area (TPSA) is 162 Å². The van der Waals surface area contributed by atoms with E-state index in [2.05, 4.69) is 15.3 Å². The maximum absolute atomic E-state index is 13.4. The molecule has 1 aromatic heterocycles. The summed E-state index contributed by atoms with van der Waals surface area (Å²) in [5, 5.41) is 21.5. The molecule has 1 aromatic carbocycles. The molecular formula is C29H37N5O7. The number of hydrogen-bond acceptors (Lipinski definition) is 8. The smallest absolute Gasteiger partial charge is 0.409 e. The Kier molecular flexibility index (Phi) is 10.2. The minimum absolute atomic E-state index is 0.00594. The highest BCUT2D eigenvalue weighted by Gasteiger charge is 2.40. The molecule has 4 rings (SSSR count). The van der Waals surface area contributed by atoms with Gasteiger partial charge in [0.2, 0.25) is 5.91 Å². The van der Waals surface area contributed by atoms with Crippen molar-refractivity contribution in [3.05, 3.63) is 47.8 Å². The van der Waals surface area contributed by atoms with Gasteiger partial charge < -0.3 is 30.1 Å². The summed E-state index contributed by atoms with van der Waals surface area (Å²) in [5.41, 5.74) is 1.41. The fraction of sp³-hybridized carbons (Fsp3) is 0.517.